The molecule has 0 saturated heterocycles. The molecule has 2 aliphatic rings. The van der Waals surface area contributed by atoms with Crippen molar-refractivity contribution in [3.05, 3.63) is 0 Å². The van der Waals surface area contributed by atoms with Gasteiger partial charge in [-0.3, -0.25) is 9.79 Å². The van der Waals surface area contributed by atoms with Crippen molar-refractivity contribution >= 4 is 11.6 Å². The van der Waals surface area contributed by atoms with Crippen molar-refractivity contribution in [2.24, 2.45) is 4.99 Å². The van der Waals surface area contributed by atoms with Gasteiger partial charge in [0, 0.05) is 13.0 Å². The molecule has 2 aliphatic carbocycles. The summed E-state index contributed by atoms with van der Waals surface area (Å²) in [6, 6.07) is 0.860. The van der Waals surface area contributed by atoms with E-state index in [4.69, 9.17) is 0 Å². The lowest BCUT2D eigenvalue weighted by Gasteiger charge is -2.25. The summed E-state index contributed by atoms with van der Waals surface area (Å²) < 4.78 is 0. The fourth-order valence-electron chi connectivity index (χ4n) is 3.06. The smallest absolute Gasteiger partial charge is 0.194 e. The van der Waals surface area contributed by atoms with Crippen molar-refractivity contribution in [2.45, 2.75) is 83.2 Å². The van der Waals surface area contributed by atoms with E-state index in [1.54, 1.807) is 6.92 Å². The Bertz CT molecular complexity index is 300. The molecule has 0 aliphatic heterocycles. The van der Waals surface area contributed by atoms with Gasteiger partial charge in [0.05, 0.1) is 6.04 Å². The van der Waals surface area contributed by atoms with Crippen LogP contribution >= 0.6 is 0 Å². The molecule has 0 aromatic heterocycles. The van der Waals surface area contributed by atoms with Crippen molar-refractivity contribution in [3.63, 3.8) is 0 Å². The van der Waals surface area contributed by atoms with Crippen molar-refractivity contribution in [3.8, 4) is 0 Å². The summed E-state index contributed by atoms with van der Waals surface area (Å²) in [5, 5.41) is 3.40. The first kappa shape index (κ1) is 13.6. The van der Waals surface area contributed by atoms with Gasteiger partial charge in [-0.2, -0.15) is 0 Å². The summed E-state index contributed by atoms with van der Waals surface area (Å²) in [7, 11) is 0. The largest absolute Gasteiger partial charge is 0.365 e. The van der Waals surface area contributed by atoms with Gasteiger partial charge in [-0.1, -0.05) is 38.5 Å². The second-order valence-electron chi connectivity index (χ2n) is 5.80. The minimum absolute atomic E-state index is 0.103. The Labute approximate surface area is 110 Å². The van der Waals surface area contributed by atoms with E-state index in [0.29, 0.717) is 17.9 Å². The minimum Gasteiger partial charge on any atom is -0.365 e. The van der Waals surface area contributed by atoms with Crippen LogP contribution in [0.2, 0.25) is 0 Å². The topological polar surface area (TPSA) is 41.5 Å². The molecule has 0 unspecified atom stereocenters. The molecule has 3 nitrogen and oxygen atoms in total. The van der Waals surface area contributed by atoms with Crippen LogP contribution in [0.25, 0.3) is 0 Å². The van der Waals surface area contributed by atoms with Gasteiger partial charge in [-0.05, 0) is 25.7 Å². The van der Waals surface area contributed by atoms with Gasteiger partial charge in [0.2, 0.25) is 0 Å². The summed E-state index contributed by atoms with van der Waals surface area (Å²) in [6.45, 7) is 1.64. The van der Waals surface area contributed by atoms with Crippen LogP contribution in [0, 0.1) is 0 Å². The van der Waals surface area contributed by atoms with E-state index in [1.807, 2.05) is 0 Å². The lowest BCUT2D eigenvalue weighted by Crippen LogP contribution is -2.40. The van der Waals surface area contributed by atoms with Gasteiger partial charge in [0.15, 0.2) is 11.6 Å². The van der Waals surface area contributed by atoms with Crippen LogP contribution in [0.4, 0.5) is 0 Å². The number of nitrogens with zero attached hydrogens (tertiary/aromatic N) is 1. The highest BCUT2D eigenvalue weighted by Crippen LogP contribution is 2.21. The normalized spacial score (nSPS) is 23.9. The summed E-state index contributed by atoms with van der Waals surface area (Å²) in [5.41, 5.74) is 0. The molecule has 0 radical (unpaired) electrons. The molecule has 2 fully saturated rings. The molecular formula is C15H26N2O. The van der Waals surface area contributed by atoms with E-state index in [9.17, 15) is 4.79 Å². The lowest BCUT2D eigenvalue weighted by atomic mass is 9.95. The summed E-state index contributed by atoms with van der Waals surface area (Å²) >= 11 is 0. The highest BCUT2D eigenvalue weighted by molar-refractivity contribution is 6.38. The maximum Gasteiger partial charge on any atom is 0.194 e. The van der Waals surface area contributed by atoms with Crippen LogP contribution in [0.15, 0.2) is 4.99 Å². The van der Waals surface area contributed by atoms with Gasteiger partial charge in [-0.15, -0.1) is 0 Å². The highest BCUT2D eigenvalue weighted by Gasteiger charge is 2.19. The SMILES string of the molecule is CC(=O)C(=NC1CCCCC1)NC1CCCCC1. The maximum atomic E-state index is 11.7. The average Bonchev–Trinajstić information content (AvgIpc) is 2.40. The number of Topliss-reactive ketones (excluding diaryl/α,β-unsaturated/α-hetero) is 1. The Kier molecular flexibility index (Phi) is 5.21. The minimum atomic E-state index is 0.103. The molecule has 0 amide bonds. The van der Waals surface area contributed by atoms with Gasteiger partial charge in [0.25, 0.3) is 0 Å². The maximum absolute atomic E-state index is 11.7. The molecule has 0 aromatic carbocycles. The first-order chi connectivity index (χ1) is 8.75. The lowest BCUT2D eigenvalue weighted by molar-refractivity contribution is -0.111. The van der Waals surface area contributed by atoms with Crippen molar-refractivity contribution < 1.29 is 4.79 Å². The molecule has 1 N–H and O–H groups in total. The first-order valence-electron chi connectivity index (χ1n) is 7.61. The number of carbonyl (C=O) groups is 1. The zero-order valence-electron chi connectivity index (χ0n) is 11.6. The summed E-state index contributed by atoms with van der Waals surface area (Å²) in [4.78, 5) is 16.4. The van der Waals surface area contributed by atoms with E-state index < -0.39 is 0 Å². The third kappa shape index (κ3) is 4.11. The molecule has 0 bridgehead atoms. The zero-order chi connectivity index (χ0) is 12.8. The van der Waals surface area contributed by atoms with Crippen LogP contribution in [-0.2, 0) is 4.79 Å². The Morgan fingerprint density at radius 2 is 1.50 bits per heavy atom. The van der Waals surface area contributed by atoms with Crippen molar-refractivity contribution in [2.75, 3.05) is 0 Å². The predicted molar refractivity (Wildman–Crippen MR) is 75.0 cm³/mol. The number of hydrogen-bond donors (Lipinski definition) is 1. The molecule has 102 valence electrons. The fraction of sp³-hybridized carbons (Fsp3) is 0.867. The number of carbonyl (C=O) groups excluding carboxylic acids is 1. The molecule has 0 atom stereocenters. The fourth-order valence-corrected chi connectivity index (χ4v) is 3.06. The molecule has 0 heterocycles. The average molecular weight is 250 g/mol. The quantitative estimate of drug-likeness (QED) is 0.617. The standard InChI is InChI=1S/C15H26N2O/c1-12(18)15(16-13-8-4-2-5-9-13)17-14-10-6-3-7-11-14/h13-14H,2-11H2,1H3,(H,16,17). The number of ketones is 1. The molecule has 0 aromatic rings. The number of rotatable bonds is 3. The second-order valence-corrected chi connectivity index (χ2v) is 5.80. The Morgan fingerprint density at radius 1 is 0.944 bits per heavy atom. The Morgan fingerprint density at radius 3 is 2.06 bits per heavy atom. The van der Waals surface area contributed by atoms with Crippen molar-refractivity contribution in [1.82, 2.24) is 5.32 Å². The Hall–Kier alpha value is -0.860. The van der Waals surface area contributed by atoms with Crippen LogP contribution in [0.1, 0.15) is 71.1 Å². The van der Waals surface area contributed by atoms with E-state index >= 15 is 0 Å². The number of aliphatic imine (C=N–C) groups is 1. The third-order valence-corrected chi connectivity index (χ3v) is 4.17. The van der Waals surface area contributed by atoms with Gasteiger partial charge >= 0.3 is 0 Å². The molecule has 3 heteroatoms. The van der Waals surface area contributed by atoms with E-state index in [1.165, 1.54) is 51.4 Å². The van der Waals surface area contributed by atoms with E-state index in [2.05, 4.69) is 10.3 Å². The summed E-state index contributed by atoms with van der Waals surface area (Å²) in [6.07, 6.45) is 12.5. The zero-order valence-corrected chi connectivity index (χ0v) is 11.6. The molecule has 0 spiro atoms. The van der Waals surface area contributed by atoms with Crippen molar-refractivity contribution in [1.29, 1.82) is 0 Å². The third-order valence-electron chi connectivity index (χ3n) is 4.17. The van der Waals surface area contributed by atoms with E-state index in [0.717, 1.165) is 12.8 Å². The highest BCUT2D eigenvalue weighted by atomic mass is 16.1. The first-order valence-corrected chi connectivity index (χ1v) is 7.61. The van der Waals surface area contributed by atoms with Crippen LogP contribution in [0.5, 0.6) is 0 Å². The molecule has 2 saturated carbocycles. The van der Waals surface area contributed by atoms with E-state index in [-0.39, 0.29) is 5.78 Å². The monoisotopic (exact) mass is 250 g/mol. The van der Waals surface area contributed by atoms with Gasteiger partial charge in [0.1, 0.15) is 0 Å². The van der Waals surface area contributed by atoms with Crippen LogP contribution in [0.3, 0.4) is 0 Å². The van der Waals surface area contributed by atoms with Crippen LogP contribution in [-0.4, -0.2) is 23.7 Å². The van der Waals surface area contributed by atoms with Gasteiger partial charge in [-0.25, -0.2) is 0 Å². The summed E-state index contributed by atoms with van der Waals surface area (Å²) in [5.74, 6) is 0.750. The van der Waals surface area contributed by atoms with Crippen LogP contribution < -0.4 is 5.32 Å². The predicted octanol–water partition coefficient (Wildman–Crippen LogP) is 3.23. The molecule has 18 heavy (non-hydrogen) atoms. The number of amidine groups is 1. The molecular weight excluding hydrogens is 224 g/mol. The Balaban J connectivity index is 1.93. The number of hydrogen-bond acceptors (Lipinski definition) is 2. The second kappa shape index (κ2) is 6.91. The number of nitrogens with one attached hydrogen (secondary N) is 1. The molecule has 2 rings (SSSR count). The van der Waals surface area contributed by atoms with Gasteiger partial charge < -0.3 is 5.32 Å².